The van der Waals surface area contributed by atoms with Crippen molar-refractivity contribution in [2.24, 2.45) is 0 Å². The van der Waals surface area contributed by atoms with Crippen LogP contribution >= 0.6 is 11.3 Å². The first kappa shape index (κ1) is 20.7. The Labute approximate surface area is 184 Å². The van der Waals surface area contributed by atoms with Gasteiger partial charge in [0, 0.05) is 29.8 Å². The molecule has 0 aliphatic heterocycles. The van der Waals surface area contributed by atoms with Gasteiger partial charge in [-0.05, 0) is 24.3 Å². The molecule has 156 valence electrons. The highest BCUT2D eigenvalue weighted by Gasteiger charge is 2.18. The number of thiazole rings is 1. The van der Waals surface area contributed by atoms with Crippen molar-refractivity contribution in [3.05, 3.63) is 83.5 Å². The van der Waals surface area contributed by atoms with Gasteiger partial charge in [-0.25, -0.2) is 4.98 Å². The zero-order valence-electron chi connectivity index (χ0n) is 17.0. The Morgan fingerprint density at radius 1 is 0.935 bits per heavy atom. The van der Waals surface area contributed by atoms with E-state index in [4.69, 9.17) is 4.74 Å². The molecule has 4 aromatic rings. The second-order valence-corrected chi connectivity index (χ2v) is 7.80. The normalized spacial score (nSPS) is 10.7. The van der Waals surface area contributed by atoms with Crippen LogP contribution in [0.3, 0.4) is 0 Å². The summed E-state index contributed by atoms with van der Waals surface area (Å²) in [5, 5.41) is 3.42. The fraction of sp³-hybridized carbons (Fsp3) is 0.167. The lowest BCUT2D eigenvalue weighted by molar-refractivity contribution is -0.145. The van der Waals surface area contributed by atoms with Gasteiger partial charge in [0.15, 0.2) is 5.13 Å². The van der Waals surface area contributed by atoms with Crippen molar-refractivity contribution in [1.82, 2.24) is 9.97 Å². The standard InChI is InChI=1S/C24H21N3O3S/c1-17(28)27(21-8-3-2-4-9-21)24-26-20(16-31-24)15-30-23(29)14-13-19-12-11-18-7-5-6-10-22(18)25-19/h2-12,16H,13-15H2,1H3. The largest absolute Gasteiger partial charge is 0.459 e. The number of para-hydroxylation sites is 2. The van der Waals surface area contributed by atoms with Crippen molar-refractivity contribution in [3.63, 3.8) is 0 Å². The van der Waals surface area contributed by atoms with Gasteiger partial charge < -0.3 is 4.74 Å². The predicted octanol–water partition coefficient (Wildman–Crippen LogP) is 5.05. The van der Waals surface area contributed by atoms with Crippen LogP contribution in [0.4, 0.5) is 10.8 Å². The molecule has 0 atom stereocenters. The van der Waals surface area contributed by atoms with E-state index in [-0.39, 0.29) is 24.9 Å². The fourth-order valence-corrected chi connectivity index (χ4v) is 4.05. The van der Waals surface area contributed by atoms with Crippen LogP contribution in [0.25, 0.3) is 10.9 Å². The number of aromatic nitrogens is 2. The molecule has 2 heterocycles. The number of carbonyl (C=O) groups excluding carboxylic acids is 2. The number of fused-ring (bicyclic) bond motifs is 1. The van der Waals surface area contributed by atoms with Crippen LogP contribution in [0.15, 0.2) is 72.1 Å². The molecule has 0 aliphatic rings. The number of ether oxygens (including phenoxy) is 1. The molecule has 0 spiro atoms. The summed E-state index contributed by atoms with van der Waals surface area (Å²) in [7, 11) is 0. The average Bonchev–Trinajstić information content (AvgIpc) is 3.25. The molecule has 0 fully saturated rings. The molecule has 0 aliphatic carbocycles. The van der Waals surface area contributed by atoms with Crippen molar-refractivity contribution in [3.8, 4) is 0 Å². The Balaban J connectivity index is 1.33. The van der Waals surface area contributed by atoms with Gasteiger partial charge in [-0.15, -0.1) is 11.3 Å². The molecule has 0 N–H and O–H groups in total. The van der Waals surface area contributed by atoms with Gasteiger partial charge in [-0.2, -0.15) is 0 Å². The van der Waals surface area contributed by atoms with Crippen molar-refractivity contribution in [2.75, 3.05) is 4.90 Å². The highest BCUT2D eigenvalue weighted by Crippen LogP contribution is 2.28. The predicted molar refractivity (Wildman–Crippen MR) is 121 cm³/mol. The number of nitrogens with zero attached hydrogens (tertiary/aromatic N) is 3. The molecule has 2 aromatic heterocycles. The lowest BCUT2D eigenvalue weighted by Gasteiger charge is -2.17. The fourth-order valence-electron chi connectivity index (χ4n) is 3.17. The summed E-state index contributed by atoms with van der Waals surface area (Å²) in [4.78, 5) is 34.9. The van der Waals surface area contributed by atoms with Crippen LogP contribution in [0.2, 0.25) is 0 Å². The van der Waals surface area contributed by atoms with Gasteiger partial charge in [0.2, 0.25) is 5.91 Å². The summed E-state index contributed by atoms with van der Waals surface area (Å²) in [6.45, 7) is 1.57. The highest BCUT2D eigenvalue weighted by atomic mass is 32.1. The topological polar surface area (TPSA) is 72.4 Å². The van der Waals surface area contributed by atoms with E-state index in [1.165, 1.54) is 18.3 Å². The van der Waals surface area contributed by atoms with Crippen LogP contribution < -0.4 is 4.90 Å². The molecule has 4 rings (SSSR count). The minimum Gasteiger partial charge on any atom is -0.459 e. The monoisotopic (exact) mass is 431 g/mol. The summed E-state index contributed by atoms with van der Waals surface area (Å²) in [6, 6.07) is 21.1. The minimum atomic E-state index is -0.309. The molecular formula is C24H21N3O3S. The maximum atomic E-state index is 12.2. The lowest BCUT2D eigenvalue weighted by Crippen LogP contribution is -2.22. The third-order valence-electron chi connectivity index (χ3n) is 4.68. The van der Waals surface area contributed by atoms with Gasteiger partial charge in [-0.1, -0.05) is 42.5 Å². The number of amides is 1. The summed E-state index contributed by atoms with van der Waals surface area (Å²) in [6.07, 6.45) is 0.754. The van der Waals surface area contributed by atoms with E-state index in [9.17, 15) is 9.59 Å². The molecule has 0 unspecified atom stereocenters. The first-order valence-electron chi connectivity index (χ1n) is 9.90. The lowest BCUT2D eigenvalue weighted by atomic mass is 10.1. The average molecular weight is 432 g/mol. The summed E-state index contributed by atoms with van der Waals surface area (Å²) >= 11 is 1.34. The van der Waals surface area contributed by atoms with Crippen LogP contribution in [0.5, 0.6) is 0 Å². The van der Waals surface area contributed by atoms with Gasteiger partial charge in [0.1, 0.15) is 6.61 Å². The van der Waals surface area contributed by atoms with Crippen molar-refractivity contribution in [1.29, 1.82) is 0 Å². The van der Waals surface area contributed by atoms with E-state index in [0.29, 0.717) is 17.2 Å². The van der Waals surface area contributed by atoms with Crippen LogP contribution in [-0.4, -0.2) is 21.8 Å². The van der Waals surface area contributed by atoms with Gasteiger partial charge in [0.25, 0.3) is 0 Å². The van der Waals surface area contributed by atoms with Crippen molar-refractivity contribution >= 4 is 44.9 Å². The Morgan fingerprint density at radius 3 is 2.52 bits per heavy atom. The van der Waals surface area contributed by atoms with E-state index >= 15 is 0 Å². The number of pyridine rings is 1. The van der Waals surface area contributed by atoms with E-state index in [1.54, 1.807) is 10.3 Å². The van der Waals surface area contributed by atoms with E-state index in [0.717, 1.165) is 22.3 Å². The molecule has 31 heavy (non-hydrogen) atoms. The number of hydrogen-bond acceptors (Lipinski definition) is 6. The maximum absolute atomic E-state index is 12.2. The van der Waals surface area contributed by atoms with E-state index in [2.05, 4.69) is 9.97 Å². The second-order valence-electron chi connectivity index (χ2n) is 6.97. The van der Waals surface area contributed by atoms with Crippen molar-refractivity contribution < 1.29 is 14.3 Å². The van der Waals surface area contributed by atoms with Crippen LogP contribution in [0, 0.1) is 0 Å². The first-order chi connectivity index (χ1) is 15.1. The van der Waals surface area contributed by atoms with Gasteiger partial charge in [-0.3, -0.25) is 19.5 Å². The molecule has 2 aromatic carbocycles. The molecule has 0 bridgehead atoms. The first-order valence-corrected chi connectivity index (χ1v) is 10.8. The Morgan fingerprint density at radius 2 is 1.71 bits per heavy atom. The summed E-state index contributed by atoms with van der Waals surface area (Å²) in [5.41, 5.74) is 3.12. The van der Waals surface area contributed by atoms with E-state index < -0.39 is 0 Å². The Kier molecular flexibility index (Phi) is 6.33. The van der Waals surface area contributed by atoms with Crippen LogP contribution in [-0.2, 0) is 27.4 Å². The van der Waals surface area contributed by atoms with E-state index in [1.807, 2.05) is 66.7 Å². The Hall–Kier alpha value is -3.58. The molecule has 1 amide bonds. The Bertz CT molecular complexity index is 1210. The molecule has 0 saturated heterocycles. The molecular weight excluding hydrogens is 410 g/mol. The highest BCUT2D eigenvalue weighted by molar-refractivity contribution is 7.14. The number of hydrogen-bond donors (Lipinski definition) is 0. The summed E-state index contributed by atoms with van der Waals surface area (Å²) in [5.74, 6) is -0.442. The smallest absolute Gasteiger partial charge is 0.306 e. The number of carbonyl (C=O) groups is 2. The third kappa shape index (κ3) is 5.13. The minimum absolute atomic E-state index is 0.0705. The maximum Gasteiger partial charge on any atom is 0.306 e. The number of aryl methyl sites for hydroxylation is 1. The molecule has 7 heteroatoms. The third-order valence-corrected chi connectivity index (χ3v) is 5.56. The zero-order valence-corrected chi connectivity index (χ0v) is 17.8. The number of anilines is 2. The molecule has 6 nitrogen and oxygen atoms in total. The number of rotatable bonds is 7. The quantitative estimate of drug-likeness (QED) is 0.383. The molecule has 0 radical (unpaired) electrons. The second kappa shape index (κ2) is 9.49. The molecule has 0 saturated carbocycles. The van der Waals surface area contributed by atoms with Crippen molar-refractivity contribution in [2.45, 2.75) is 26.4 Å². The van der Waals surface area contributed by atoms with Gasteiger partial charge >= 0.3 is 5.97 Å². The SMILES string of the molecule is CC(=O)N(c1ccccc1)c1nc(COC(=O)CCc2ccc3ccccc3n2)cs1. The zero-order chi connectivity index (χ0) is 21.6. The number of esters is 1. The number of benzene rings is 2. The summed E-state index contributed by atoms with van der Waals surface area (Å²) < 4.78 is 5.37. The van der Waals surface area contributed by atoms with Crippen LogP contribution in [0.1, 0.15) is 24.7 Å². The van der Waals surface area contributed by atoms with Gasteiger partial charge in [0.05, 0.1) is 23.3 Å².